The molecule has 20 heavy (non-hydrogen) atoms. The summed E-state index contributed by atoms with van der Waals surface area (Å²) in [5, 5.41) is 9.00. The molecule has 4 nitrogen and oxygen atoms in total. The van der Waals surface area contributed by atoms with E-state index in [1.54, 1.807) is 0 Å². The summed E-state index contributed by atoms with van der Waals surface area (Å²) in [5.74, 6) is 0.812. The molecule has 0 unspecified atom stereocenters. The Labute approximate surface area is 122 Å². The molecule has 2 heterocycles. The summed E-state index contributed by atoms with van der Waals surface area (Å²) in [7, 11) is 6.28. The van der Waals surface area contributed by atoms with Crippen molar-refractivity contribution in [2.24, 2.45) is 13.0 Å². The van der Waals surface area contributed by atoms with E-state index in [9.17, 15) is 0 Å². The van der Waals surface area contributed by atoms with Gasteiger partial charge in [-0.15, -0.1) is 0 Å². The molecule has 1 atom stereocenters. The molecule has 0 spiro atoms. The van der Waals surface area contributed by atoms with Gasteiger partial charge in [-0.25, -0.2) is 0 Å². The number of nitriles is 1. The number of hydrogen-bond acceptors (Lipinski definition) is 3. The number of piperidine rings is 1. The number of rotatable bonds is 4. The maximum atomic E-state index is 9.00. The van der Waals surface area contributed by atoms with E-state index >= 15 is 0 Å². The fraction of sp³-hybridized carbons (Fsp3) is 0.688. The summed E-state index contributed by atoms with van der Waals surface area (Å²) in [4.78, 5) is 4.84. The minimum atomic E-state index is 0.666. The van der Waals surface area contributed by atoms with E-state index in [-0.39, 0.29) is 0 Å². The SMILES string of the molecule is C[C@@H](C1CCN(Cc2cc(C#N)n(C)c2)CC1)N(C)C. The standard InChI is InChI=1S/C16H26N4/c1-13(18(2)3)15-5-7-20(8-6-15)12-14-9-16(10-17)19(4)11-14/h9,11,13,15H,5-8,12H2,1-4H3/t13-/m0/s1. The molecule has 1 aromatic heterocycles. The lowest BCUT2D eigenvalue weighted by molar-refractivity contribution is 0.121. The van der Waals surface area contributed by atoms with Gasteiger partial charge in [0.2, 0.25) is 0 Å². The second-order valence-electron chi connectivity index (χ2n) is 6.27. The monoisotopic (exact) mass is 274 g/mol. The van der Waals surface area contributed by atoms with Gasteiger partial charge in [-0.1, -0.05) is 0 Å². The first-order valence-electron chi connectivity index (χ1n) is 7.45. The number of nitrogens with zero attached hydrogens (tertiary/aromatic N) is 4. The van der Waals surface area contributed by atoms with Crippen molar-refractivity contribution in [2.75, 3.05) is 27.2 Å². The molecular weight excluding hydrogens is 248 g/mol. The van der Waals surface area contributed by atoms with Gasteiger partial charge in [-0.3, -0.25) is 4.90 Å². The van der Waals surface area contributed by atoms with E-state index in [1.165, 1.54) is 31.5 Å². The maximum absolute atomic E-state index is 9.00. The first-order chi connectivity index (χ1) is 9.51. The molecule has 1 fully saturated rings. The minimum Gasteiger partial charge on any atom is -0.342 e. The Balaban J connectivity index is 1.87. The van der Waals surface area contributed by atoms with E-state index in [2.05, 4.69) is 43.1 Å². The van der Waals surface area contributed by atoms with Crippen molar-refractivity contribution in [2.45, 2.75) is 32.4 Å². The fourth-order valence-electron chi connectivity index (χ4n) is 3.10. The minimum absolute atomic E-state index is 0.666. The van der Waals surface area contributed by atoms with Crippen LogP contribution >= 0.6 is 0 Å². The van der Waals surface area contributed by atoms with Gasteiger partial charge in [-0.2, -0.15) is 5.26 Å². The summed E-state index contributed by atoms with van der Waals surface area (Å²) in [6.45, 7) is 5.63. The summed E-state index contributed by atoms with van der Waals surface area (Å²) in [6, 6.07) is 4.90. The maximum Gasteiger partial charge on any atom is 0.120 e. The second kappa shape index (κ2) is 6.43. The molecule has 2 rings (SSSR count). The van der Waals surface area contributed by atoms with Gasteiger partial charge < -0.3 is 9.47 Å². The van der Waals surface area contributed by atoms with Crippen molar-refractivity contribution in [3.63, 3.8) is 0 Å². The molecule has 0 radical (unpaired) electrons. The largest absolute Gasteiger partial charge is 0.342 e. The molecule has 0 N–H and O–H groups in total. The molecule has 4 heteroatoms. The van der Waals surface area contributed by atoms with E-state index in [4.69, 9.17) is 5.26 Å². The first kappa shape index (κ1) is 15.1. The first-order valence-corrected chi connectivity index (χ1v) is 7.45. The molecule has 1 aliphatic rings. The van der Waals surface area contributed by atoms with Crippen LogP contribution < -0.4 is 0 Å². The van der Waals surface area contributed by atoms with Gasteiger partial charge in [0.15, 0.2) is 0 Å². The van der Waals surface area contributed by atoms with Crippen LogP contribution in [0, 0.1) is 17.2 Å². The number of hydrogen-bond donors (Lipinski definition) is 0. The fourth-order valence-corrected chi connectivity index (χ4v) is 3.10. The molecule has 0 saturated carbocycles. The Hall–Kier alpha value is -1.31. The topological polar surface area (TPSA) is 35.2 Å². The van der Waals surface area contributed by atoms with Crippen LogP contribution in [0.1, 0.15) is 31.0 Å². The zero-order chi connectivity index (χ0) is 14.7. The molecule has 110 valence electrons. The van der Waals surface area contributed by atoms with Crippen LogP contribution in [0.4, 0.5) is 0 Å². The number of likely N-dealkylation sites (tertiary alicyclic amines) is 1. The molecule has 1 aliphatic heterocycles. The Bertz CT molecular complexity index is 475. The van der Waals surface area contributed by atoms with Crippen molar-refractivity contribution in [1.82, 2.24) is 14.4 Å². The predicted molar refractivity (Wildman–Crippen MR) is 81.3 cm³/mol. The number of aromatic nitrogens is 1. The third-order valence-corrected chi connectivity index (χ3v) is 4.71. The van der Waals surface area contributed by atoms with Crippen LogP contribution in [0.25, 0.3) is 0 Å². The van der Waals surface area contributed by atoms with Crippen LogP contribution in [0.15, 0.2) is 12.3 Å². The molecule has 0 aliphatic carbocycles. The van der Waals surface area contributed by atoms with E-state index in [1.807, 2.05) is 17.7 Å². The molecule has 0 amide bonds. The highest BCUT2D eigenvalue weighted by atomic mass is 15.1. The zero-order valence-corrected chi connectivity index (χ0v) is 13.1. The summed E-state index contributed by atoms with van der Waals surface area (Å²) in [5.41, 5.74) is 2.00. The van der Waals surface area contributed by atoms with Crippen LogP contribution in [0.3, 0.4) is 0 Å². The van der Waals surface area contributed by atoms with Crippen LogP contribution in [-0.4, -0.2) is 47.6 Å². The lowest BCUT2D eigenvalue weighted by Crippen LogP contribution is -2.41. The average Bonchev–Trinajstić information content (AvgIpc) is 2.78. The van der Waals surface area contributed by atoms with Crippen LogP contribution in [0.2, 0.25) is 0 Å². The summed E-state index contributed by atoms with van der Waals surface area (Å²) in [6.07, 6.45) is 4.63. The lowest BCUT2D eigenvalue weighted by Gasteiger charge is -2.37. The summed E-state index contributed by atoms with van der Waals surface area (Å²) < 4.78 is 1.91. The Kier molecular flexibility index (Phi) is 4.85. The molecule has 0 bridgehead atoms. The Morgan fingerprint density at radius 3 is 2.55 bits per heavy atom. The predicted octanol–water partition coefficient (Wildman–Crippen LogP) is 2.06. The van der Waals surface area contributed by atoms with Gasteiger partial charge in [0.25, 0.3) is 0 Å². The third kappa shape index (κ3) is 3.41. The normalized spacial score (nSPS) is 19.2. The molecule has 1 saturated heterocycles. The molecule has 1 aromatic rings. The third-order valence-electron chi connectivity index (χ3n) is 4.71. The highest BCUT2D eigenvalue weighted by molar-refractivity contribution is 5.28. The zero-order valence-electron chi connectivity index (χ0n) is 13.1. The van der Waals surface area contributed by atoms with Gasteiger partial charge in [0.1, 0.15) is 11.8 Å². The average molecular weight is 274 g/mol. The van der Waals surface area contributed by atoms with E-state index < -0.39 is 0 Å². The van der Waals surface area contributed by atoms with Gasteiger partial charge >= 0.3 is 0 Å². The Morgan fingerprint density at radius 1 is 1.40 bits per heavy atom. The van der Waals surface area contributed by atoms with Gasteiger partial charge in [-0.05, 0) is 64.5 Å². The van der Waals surface area contributed by atoms with Crippen molar-refractivity contribution < 1.29 is 0 Å². The molecule has 0 aromatic carbocycles. The Morgan fingerprint density at radius 2 is 2.05 bits per heavy atom. The van der Waals surface area contributed by atoms with Crippen molar-refractivity contribution in [3.8, 4) is 6.07 Å². The quantitative estimate of drug-likeness (QED) is 0.843. The highest BCUT2D eigenvalue weighted by Gasteiger charge is 2.25. The van der Waals surface area contributed by atoms with Gasteiger partial charge in [0.05, 0.1) is 0 Å². The molecular formula is C16H26N4. The van der Waals surface area contributed by atoms with E-state index in [0.717, 1.165) is 18.2 Å². The highest BCUT2D eigenvalue weighted by Crippen LogP contribution is 2.24. The van der Waals surface area contributed by atoms with Crippen LogP contribution in [0.5, 0.6) is 0 Å². The van der Waals surface area contributed by atoms with Crippen molar-refractivity contribution in [1.29, 1.82) is 5.26 Å². The smallest absolute Gasteiger partial charge is 0.120 e. The van der Waals surface area contributed by atoms with Gasteiger partial charge in [0, 0.05) is 25.8 Å². The number of aryl methyl sites for hydroxylation is 1. The summed E-state index contributed by atoms with van der Waals surface area (Å²) >= 11 is 0. The van der Waals surface area contributed by atoms with Crippen molar-refractivity contribution in [3.05, 3.63) is 23.5 Å². The van der Waals surface area contributed by atoms with Crippen LogP contribution in [-0.2, 0) is 13.6 Å². The second-order valence-corrected chi connectivity index (χ2v) is 6.27. The van der Waals surface area contributed by atoms with E-state index in [0.29, 0.717) is 6.04 Å². The lowest BCUT2D eigenvalue weighted by atomic mass is 9.89. The van der Waals surface area contributed by atoms with Crippen molar-refractivity contribution >= 4 is 0 Å².